The first-order chi connectivity index (χ1) is 11.7. The van der Waals surface area contributed by atoms with Crippen LogP contribution in [0.2, 0.25) is 5.02 Å². The first-order valence-corrected chi connectivity index (χ1v) is 7.59. The third-order valence-electron chi connectivity index (χ3n) is 3.59. The minimum atomic E-state index is -0.181. The van der Waals surface area contributed by atoms with Crippen LogP contribution in [0.25, 0.3) is 22.4 Å². The average molecular weight is 339 g/mol. The smallest absolute Gasteiger partial charge is 0.263 e. The molecule has 3 aromatic heterocycles. The number of hydrogen-bond acceptors (Lipinski definition) is 5. The molecule has 0 fully saturated rings. The molecule has 3 heterocycles. The van der Waals surface area contributed by atoms with Gasteiger partial charge in [0.1, 0.15) is 12.9 Å². The monoisotopic (exact) mass is 338 g/mol. The van der Waals surface area contributed by atoms with Gasteiger partial charge in [0.05, 0.1) is 11.6 Å². The van der Waals surface area contributed by atoms with Crippen LogP contribution in [0.15, 0.2) is 64.3 Å². The first-order valence-electron chi connectivity index (χ1n) is 7.21. The lowest BCUT2D eigenvalue weighted by Crippen LogP contribution is -2.21. The molecule has 0 atom stereocenters. The van der Waals surface area contributed by atoms with Gasteiger partial charge < -0.3 is 4.42 Å². The Morgan fingerprint density at radius 2 is 1.92 bits per heavy atom. The normalized spacial score (nSPS) is 11.0. The summed E-state index contributed by atoms with van der Waals surface area (Å²) in [5, 5.41) is 1.12. The van der Waals surface area contributed by atoms with Crippen molar-refractivity contribution in [2.24, 2.45) is 0 Å². The van der Waals surface area contributed by atoms with Gasteiger partial charge in [0.15, 0.2) is 11.4 Å². The molecule has 4 rings (SSSR count). The molecule has 0 aliphatic heterocycles. The summed E-state index contributed by atoms with van der Waals surface area (Å²) in [6.07, 6.45) is 4.68. The van der Waals surface area contributed by atoms with Gasteiger partial charge in [-0.15, -0.1) is 0 Å². The van der Waals surface area contributed by atoms with Crippen molar-refractivity contribution in [2.75, 3.05) is 0 Å². The van der Waals surface area contributed by atoms with E-state index in [1.54, 1.807) is 36.7 Å². The maximum Gasteiger partial charge on any atom is 0.263 e. The molecule has 4 aromatic rings. The number of fused-ring (bicyclic) bond motifs is 1. The summed E-state index contributed by atoms with van der Waals surface area (Å²) in [5.41, 5.74) is 1.11. The fourth-order valence-corrected chi connectivity index (χ4v) is 2.51. The Hall–Kier alpha value is -2.99. The van der Waals surface area contributed by atoms with Crippen LogP contribution in [-0.2, 0) is 6.54 Å². The predicted octanol–water partition coefficient (Wildman–Crippen LogP) is 3.15. The summed E-state index contributed by atoms with van der Waals surface area (Å²) in [6, 6.07) is 10.7. The van der Waals surface area contributed by atoms with Crippen LogP contribution in [0.5, 0.6) is 0 Å². The highest BCUT2D eigenvalue weighted by Gasteiger charge is 2.10. The predicted molar refractivity (Wildman–Crippen MR) is 89.8 cm³/mol. The number of nitrogens with zero attached hydrogens (tertiary/aromatic N) is 4. The highest BCUT2D eigenvalue weighted by atomic mass is 35.5. The fraction of sp³-hybridized carbons (Fsp3) is 0.0588. The van der Waals surface area contributed by atoms with E-state index >= 15 is 0 Å². The summed E-state index contributed by atoms with van der Waals surface area (Å²) >= 11 is 5.88. The third-order valence-corrected chi connectivity index (χ3v) is 3.84. The van der Waals surface area contributed by atoms with Gasteiger partial charge in [-0.2, -0.15) is 0 Å². The number of hydrogen-bond donors (Lipinski definition) is 0. The zero-order chi connectivity index (χ0) is 16.5. The minimum absolute atomic E-state index is 0.181. The quantitative estimate of drug-likeness (QED) is 0.573. The van der Waals surface area contributed by atoms with E-state index in [1.807, 2.05) is 12.1 Å². The molecule has 0 aliphatic rings. The van der Waals surface area contributed by atoms with Crippen LogP contribution >= 0.6 is 11.6 Å². The molecule has 0 N–H and O–H groups in total. The zero-order valence-electron chi connectivity index (χ0n) is 12.4. The topological polar surface area (TPSA) is 73.8 Å². The Kier molecular flexibility index (Phi) is 3.59. The summed E-state index contributed by atoms with van der Waals surface area (Å²) in [4.78, 5) is 24.9. The fourth-order valence-electron chi connectivity index (χ4n) is 2.39. The number of halogens is 1. The summed E-state index contributed by atoms with van der Waals surface area (Å²) in [5.74, 6) is 1.04. The molecule has 1 aromatic carbocycles. The first kappa shape index (κ1) is 14.6. The summed E-state index contributed by atoms with van der Waals surface area (Å²) in [6.45, 7) is 0.199. The Morgan fingerprint density at radius 3 is 2.75 bits per heavy atom. The maximum atomic E-state index is 12.4. The lowest BCUT2D eigenvalue weighted by molar-refractivity contribution is 0.484. The molecular formula is C17H11ClN4O2. The van der Waals surface area contributed by atoms with Crippen LogP contribution in [-0.4, -0.2) is 19.5 Å². The number of pyridine rings is 1. The molecule has 7 heteroatoms. The van der Waals surface area contributed by atoms with Crippen molar-refractivity contribution in [3.8, 4) is 11.3 Å². The Morgan fingerprint density at radius 1 is 1.08 bits per heavy atom. The number of benzene rings is 1. The number of rotatable bonds is 3. The van der Waals surface area contributed by atoms with Crippen molar-refractivity contribution >= 4 is 22.6 Å². The highest BCUT2D eigenvalue weighted by Crippen LogP contribution is 2.22. The van der Waals surface area contributed by atoms with Gasteiger partial charge in [0.25, 0.3) is 5.56 Å². The molecule has 24 heavy (non-hydrogen) atoms. The highest BCUT2D eigenvalue weighted by molar-refractivity contribution is 6.30. The van der Waals surface area contributed by atoms with E-state index in [-0.39, 0.29) is 12.1 Å². The molecule has 0 radical (unpaired) electrons. The van der Waals surface area contributed by atoms with Crippen LogP contribution in [0.4, 0.5) is 0 Å². The molecule has 0 saturated carbocycles. The van der Waals surface area contributed by atoms with Crippen molar-refractivity contribution in [1.82, 2.24) is 19.5 Å². The van der Waals surface area contributed by atoms with E-state index in [9.17, 15) is 4.79 Å². The van der Waals surface area contributed by atoms with Crippen molar-refractivity contribution in [3.63, 3.8) is 0 Å². The van der Waals surface area contributed by atoms with E-state index in [4.69, 9.17) is 16.0 Å². The maximum absolute atomic E-state index is 12.4. The SMILES string of the molecule is O=c1c2cccnc2ncn1Cc1ncc(-c2ccc(Cl)cc2)o1. The second-order valence-electron chi connectivity index (χ2n) is 5.18. The molecule has 0 bridgehead atoms. The lowest BCUT2D eigenvalue weighted by Gasteiger charge is -2.03. The van der Waals surface area contributed by atoms with Crippen molar-refractivity contribution in [1.29, 1.82) is 0 Å². The van der Waals surface area contributed by atoms with Crippen LogP contribution in [0.1, 0.15) is 5.89 Å². The van der Waals surface area contributed by atoms with E-state index in [2.05, 4.69) is 15.0 Å². The molecule has 118 valence electrons. The zero-order valence-corrected chi connectivity index (χ0v) is 13.1. The van der Waals surface area contributed by atoms with Gasteiger partial charge in [0.2, 0.25) is 5.89 Å². The second-order valence-corrected chi connectivity index (χ2v) is 5.61. The largest absolute Gasteiger partial charge is 0.439 e. The van der Waals surface area contributed by atoms with E-state index in [1.165, 1.54) is 10.9 Å². The molecule has 0 aliphatic carbocycles. The van der Waals surface area contributed by atoms with Gasteiger partial charge in [0, 0.05) is 16.8 Å². The Bertz CT molecular complexity index is 1070. The van der Waals surface area contributed by atoms with Crippen molar-refractivity contribution < 1.29 is 4.42 Å². The van der Waals surface area contributed by atoms with Gasteiger partial charge in [-0.3, -0.25) is 9.36 Å². The van der Waals surface area contributed by atoms with Gasteiger partial charge in [-0.25, -0.2) is 15.0 Å². The molecule has 0 amide bonds. The van der Waals surface area contributed by atoms with Crippen molar-refractivity contribution in [2.45, 2.75) is 6.54 Å². The molecule has 0 unspecified atom stereocenters. The van der Waals surface area contributed by atoms with E-state index in [0.717, 1.165) is 5.56 Å². The summed E-state index contributed by atoms with van der Waals surface area (Å²) in [7, 11) is 0. The third kappa shape index (κ3) is 2.68. The lowest BCUT2D eigenvalue weighted by atomic mass is 10.2. The molecule has 0 saturated heterocycles. The Labute approximate surface area is 141 Å². The molecular weight excluding hydrogens is 328 g/mol. The average Bonchev–Trinajstić information content (AvgIpc) is 3.07. The molecule has 0 spiro atoms. The minimum Gasteiger partial charge on any atom is -0.439 e. The number of oxazole rings is 1. The van der Waals surface area contributed by atoms with Crippen molar-refractivity contribution in [3.05, 3.63) is 76.4 Å². The van der Waals surface area contributed by atoms with Gasteiger partial charge >= 0.3 is 0 Å². The van der Waals surface area contributed by atoms with Crippen LogP contribution in [0.3, 0.4) is 0 Å². The standard InChI is InChI=1S/C17H11ClN4O2/c18-12-5-3-11(4-6-12)14-8-20-15(24-14)9-22-10-21-16-13(17(22)23)2-1-7-19-16/h1-8,10H,9H2. The molecule has 6 nitrogen and oxygen atoms in total. The van der Waals surface area contributed by atoms with Gasteiger partial charge in [-0.05, 0) is 36.4 Å². The van der Waals surface area contributed by atoms with Crippen LogP contribution < -0.4 is 5.56 Å². The van der Waals surface area contributed by atoms with E-state index < -0.39 is 0 Å². The summed E-state index contributed by atoms with van der Waals surface area (Å²) < 4.78 is 7.17. The Balaban J connectivity index is 1.66. The van der Waals surface area contributed by atoms with E-state index in [0.29, 0.717) is 27.7 Å². The van der Waals surface area contributed by atoms with Crippen LogP contribution in [0, 0.1) is 0 Å². The van der Waals surface area contributed by atoms with Gasteiger partial charge in [-0.1, -0.05) is 11.6 Å². The number of aromatic nitrogens is 4. The second kappa shape index (κ2) is 5.90.